The Morgan fingerprint density at radius 1 is 1.21 bits per heavy atom. The Kier molecular flexibility index (Phi) is 6.32. The molecule has 1 heterocycles. The molecule has 2 aromatic carbocycles. The lowest BCUT2D eigenvalue weighted by Gasteiger charge is -2.23. The lowest BCUT2D eigenvalue weighted by atomic mass is 10.0. The van der Waals surface area contributed by atoms with E-state index in [1.807, 2.05) is 24.3 Å². The van der Waals surface area contributed by atoms with Crippen molar-refractivity contribution in [2.45, 2.75) is 12.5 Å². The first kappa shape index (κ1) is 19.5. The molecule has 0 bridgehead atoms. The SMILES string of the molecule is C=CCN(CC1CC(c2ccccc2OC)=NO1)C(=O)c1ccc(OC)cc1. The van der Waals surface area contributed by atoms with Crippen LogP contribution in [0.2, 0.25) is 0 Å². The van der Waals surface area contributed by atoms with Crippen LogP contribution < -0.4 is 9.47 Å². The summed E-state index contributed by atoms with van der Waals surface area (Å²) < 4.78 is 10.6. The van der Waals surface area contributed by atoms with Crippen molar-refractivity contribution < 1.29 is 19.1 Å². The molecule has 1 unspecified atom stereocenters. The summed E-state index contributed by atoms with van der Waals surface area (Å²) in [4.78, 5) is 20.2. The average Bonchev–Trinajstić information content (AvgIpc) is 3.21. The second-order valence-corrected chi connectivity index (χ2v) is 6.40. The van der Waals surface area contributed by atoms with E-state index in [-0.39, 0.29) is 12.0 Å². The quantitative estimate of drug-likeness (QED) is 0.658. The van der Waals surface area contributed by atoms with Crippen LogP contribution in [0, 0.1) is 0 Å². The van der Waals surface area contributed by atoms with E-state index in [2.05, 4.69) is 11.7 Å². The lowest BCUT2D eigenvalue weighted by Crippen LogP contribution is -2.37. The maximum atomic E-state index is 12.9. The highest BCUT2D eigenvalue weighted by atomic mass is 16.6. The Hall–Kier alpha value is -3.28. The Morgan fingerprint density at radius 3 is 2.64 bits per heavy atom. The van der Waals surface area contributed by atoms with E-state index in [4.69, 9.17) is 14.3 Å². The first-order valence-electron chi connectivity index (χ1n) is 9.06. The van der Waals surface area contributed by atoms with Crippen LogP contribution in [0.15, 0.2) is 66.3 Å². The number of para-hydroxylation sites is 1. The fourth-order valence-corrected chi connectivity index (χ4v) is 3.13. The number of methoxy groups -OCH3 is 2. The first-order chi connectivity index (χ1) is 13.7. The van der Waals surface area contributed by atoms with Gasteiger partial charge in [0, 0.05) is 24.1 Å². The molecule has 0 radical (unpaired) electrons. The zero-order valence-electron chi connectivity index (χ0n) is 16.1. The highest BCUT2D eigenvalue weighted by Crippen LogP contribution is 2.25. The Labute approximate surface area is 165 Å². The van der Waals surface area contributed by atoms with E-state index in [1.54, 1.807) is 49.5 Å². The average molecular weight is 380 g/mol. The number of hydrogen-bond donors (Lipinski definition) is 0. The van der Waals surface area contributed by atoms with Crippen LogP contribution in [0.1, 0.15) is 22.3 Å². The van der Waals surface area contributed by atoms with Crippen molar-refractivity contribution in [3.05, 3.63) is 72.3 Å². The van der Waals surface area contributed by atoms with Crippen LogP contribution in [0.25, 0.3) is 0 Å². The molecule has 0 spiro atoms. The van der Waals surface area contributed by atoms with E-state index in [0.717, 1.165) is 17.0 Å². The molecule has 1 aliphatic rings. The van der Waals surface area contributed by atoms with Gasteiger partial charge in [0.25, 0.3) is 5.91 Å². The van der Waals surface area contributed by atoms with Gasteiger partial charge in [0.2, 0.25) is 0 Å². The number of carbonyl (C=O) groups is 1. The Balaban J connectivity index is 1.68. The van der Waals surface area contributed by atoms with Gasteiger partial charge in [0.1, 0.15) is 11.5 Å². The number of rotatable bonds is 8. The second kappa shape index (κ2) is 9.08. The van der Waals surface area contributed by atoms with Crippen molar-refractivity contribution in [1.29, 1.82) is 0 Å². The van der Waals surface area contributed by atoms with Gasteiger partial charge in [-0.1, -0.05) is 23.4 Å². The van der Waals surface area contributed by atoms with E-state index in [1.165, 1.54) is 0 Å². The number of hydrogen-bond acceptors (Lipinski definition) is 5. The lowest BCUT2D eigenvalue weighted by molar-refractivity contribution is 0.0450. The van der Waals surface area contributed by atoms with Crippen molar-refractivity contribution in [3.8, 4) is 11.5 Å². The standard InChI is InChI=1S/C22H24N2O4/c1-4-13-24(22(25)16-9-11-17(26-2)12-10-16)15-18-14-20(23-28-18)19-7-5-6-8-21(19)27-3/h4-12,18H,1,13-15H2,2-3H3. The van der Waals surface area contributed by atoms with Crippen molar-refractivity contribution in [2.24, 2.45) is 5.16 Å². The molecule has 0 N–H and O–H groups in total. The zero-order chi connectivity index (χ0) is 19.9. The van der Waals surface area contributed by atoms with Gasteiger partial charge in [-0.25, -0.2) is 0 Å². The minimum atomic E-state index is -0.220. The van der Waals surface area contributed by atoms with Gasteiger partial charge >= 0.3 is 0 Å². The minimum absolute atomic E-state index is 0.0862. The van der Waals surface area contributed by atoms with E-state index in [9.17, 15) is 4.79 Å². The number of nitrogens with zero attached hydrogens (tertiary/aromatic N) is 2. The predicted molar refractivity (Wildman–Crippen MR) is 108 cm³/mol. The number of amides is 1. The molecule has 0 fully saturated rings. The Morgan fingerprint density at radius 2 is 1.96 bits per heavy atom. The molecule has 3 rings (SSSR count). The summed E-state index contributed by atoms with van der Waals surface area (Å²) in [7, 11) is 3.23. The molecular weight excluding hydrogens is 356 g/mol. The number of oxime groups is 1. The van der Waals surface area contributed by atoms with Gasteiger partial charge in [0.05, 0.1) is 26.5 Å². The van der Waals surface area contributed by atoms with Gasteiger partial charge in [0.15, 0.2) is 6.10 Å². The molecule has 1 atom stereocenters. The summed E-state index contributed by atoms with van der Waals surface area (Å²) in [5.41, 5.74) is 2.31. The van der Waals surface area contributed by atoms with Gasteiger partial charge < -0.3 is 19.2 Å². The molecule has 0 saturated carbocycles. The summed E-state index contributed by atoms with van der Waals surface area (Å²) >= 11 is 0. The molecular formula is C22H24N2O4. The topological polar surface area (TPSA) is 60.4 Å². The van der Waals surface area contributed by atoms with Gasteiger partial charge in [-0.3, -0.25) is 4.79 Å². The summed E-state index contributed by atoms with van der Waals surface area (Å²) in [6.45, 7) is 4.60. The van der Waals surface area contributed by atoms with Crippen LogP contribution in [0.4, 0.5) is 0 Å². The van der Waals surface area contributed by atoms with Crippen molar-refractivity contribution in [3.63, 3.8) is 0 Å². The normalized spacial score (nSPS) is 15.4. The monoisotopic (exact) mass is 380 g/mol. The fourth-order valence-electron chi connectivity index (χ4n) is 3.13. The molecule has 1 amide bonds. The van der Waals surface area contributed by atoms with E-state index >= 15 is 0 Å². The molecule has 28 heavy (non-hydrogen) atoms. The van der Waals surface area contributed by atoms with E-state index in [0.29, 0.717) is 30.8 Å². The summed E-state index contributed by atoms with van der Waals surface area (Å²) in [6, 6.07) is 14.7. The highest BCUT2D eigenvalue weighted by molar-refractivity contribution is 6.03. The van der Waals surface area contributed by atoms with Crippen molar-refractivity contribution in [1.82, 2.24) is 4.90 Å². The molecule has 146 valence electrons. The molecule has 1 aliphatic heterocycles. The third-order valence-electron chi connectivity index (χ3n) is 4.55. The van der Waals surface area contributed by atoms with Gasteiger partial charge in [-0.2, -0.15) is 0 Å². The molecule has 2 aromatic rings. The fraction of sp³-hybridized carbons (Fsp3) is 0.273. The molecule has 6 heteroatoms. The van der Waals surface area contributed by atoms with Gasteiger partial charge in [-0.05, 0) is 36.4 Å². The largest absolute Gasteiger partial charge is 0.497 e. The molecule has 6 nitrogen and oxygen atoms in total. The smallest absolute Gasteiger partial charge is 0.254 e. The number of benzene rings is 2. The van der Waals surface area contributed by atoms with Crippen LogP contribution in [0.3, 0.4) is 0 Å². The van der Waals surface area contributed by atoms with Crippen LogP contribution >= 0.6 is 0 Å². The molecule has 0 saturated heterocycles. The van der Waals surface area contributed by atoms with Crippen LogP contribution in [-0.4, -0.2) is 49.9 Å². The van der Waals surface area contributed by atoms with Crippen molar-refractivity contribution >= 4 is 11.6 Å². The number of ether oxygens (including phenoxy) is 2. The highest BCUT2D eigenvalue weighted by Gasteiger charge is 2.28. The van der Waals surface area contributed by atoms with E-state index < -0.39 is 0 Å². The third kappa shape index (κ3) is 4.34. The van der Waals surface area contributed by atoms with Crippen LogP contribution in [0.5, 0.6) is 11.5 Å². The summed E-state index contributed by atoms with van der Waals surface area (Å²) in [5.74, 6) is 1.38. The zero-order valence-corrected chi connectivity index (χ0v) is 16.1. The third-order valence-corrected chi connectivity index (χ3v) is 4.55. The van der Waals surface area contributed by atoms with Gasteiger partial charge in [-0.15, -0.1) is 6.58 Å². The maximum absolute atomic E-state index is 12.9. The number of carbonyl (C=O) groups excluding carboxylic acids is 1. The Bertz CT molecular complexity index is 861. The molecule has 0 aliphatic carbocycles. The van der Waals surface area contributed by atoms with Crippen molar-refractivity contribution in [2.75, 3.05) is 27.3 Å². The second-order valence-electron chi connectivity index (χ2n) is 6.40. The summed E-state index contributed by atoms with van der Waals surface area (Å²) in [5, 5.41) is 4.22. The first-order valence-corrected chi connectivity index (χ1v) is 9.06. The van der Waals surface area contributed by atoms with Crippen LogP contribution in [-0.2, 0) is 4.84 Å². The summed E-state index contributed by atoms with van der Waals surface area (Å²) in [6.07, 6.45) is 2.09. The predicted octanol–water partition coefficient (Wildman–Crippen LogP) is 3.53. The minimum Gasteiger partial charge on any atom is -0.497 e. The maximum Gasteiger partial charge on any atom is 0.254 e. The molecule has 0 aromatic heterocycles.